The zero-order valence-electron chi connectivity index (χ0n) is 8.66. The topological polar surface area (TPSA) is 35.5 Å². The van der Waals surface area contributed by atoms with Gasteiger partial charge in [-0.25, -0.2) is 0 Å². The number of ether oxygens (including phenoxy) is 2. The van der Waals surface area contributed by atoms with Crippen molar-refractivity contribution >= 4 is 6.29 Å². The third kappa shape index (κ3) is 1.87. The monoisotopic (exact) mass is 194 g/mol. The summed E-state index contributed by atoms with van der Waals surface area (Å²) in [6.45, 7) is 2.01. The van der Waals surface area contributed by atoms with Crippen LogP contribution in [0.2, 0.25) is 0 Å². The van der Waals surface area contributed by atoms with Crippen LogP contribution in [0, 0.1) is 0 Å². The minimum absolute atomic E-state index is 0.606. The van der Waals surface area contributed by atoms with Crippen LogP contribution in [0.1, 0.15) is 22.8 Å². The molecule has 3 heteroatoms. The molecule has 0 fully saturated rings. The third-order valence-electron chi connectivity index (χ3n) is 2.10. The van der Waals surface area contributed by atoms with Crippen molar-refractivity contribution in [2.24, 2.45) is 0 Å². The fraction of sp³-hybridized carbons (Fsp3) is 0.364. The summed E-state index contributed by atoms with van der Waals surface area (Å²) in [5, 5.41) is 0. The lowest BCUT2D eigenvalue weighted by atomic mass is 10.1. The lowest BCUT2D eigenvalue weighted by molar-refractivity contribution is 0.112. The predicted molar refractivity (Wildman–Crippen MR) is 54.3 cm³/mol. The van der Waals surface area contributed by atoms with E-state index < -0.39 is 0 Å². The van der Waals surface area contributed by atoms with Gasteiger partial charge in [0.1, 0.15) is 6.29 Å². The van der Waals surface area contributed by atoms with Crippen molar-refractivity contribution in [1.29, 1.82) is 0 Å². The fourth-order valence-corrected chi connectivity index (χ4v) is 1.40. The zero-order valence-corrected chi connectivity index (χ0v) is 8.66. The lowest BCUT2D eigenvalue weighted by Crippen LogP contribution is -1.97. The maximum Gasteiger partial charge on any atom is 0.163 e. The summed E-state index contributed by atoms with van der Waals surface area (Å²) in [5.41, 5.74) is 1.59. The van der Waals surface area contributed by atoms with Gasteiger partial charge in [-0.2, -0.15) is 0 Å². The van der Waals surface area contributed by atoms with Gasteiger partial charge in [0.15, 0.2) is 11.5 Å². The highest BCUT2D eigenvalue weighted by molar-refractivity contribution is 5.77. The third-order valence-corrected chi connectivity index (χ3v) is 2.10. The van der Waals surface area contributed by atoms with Gasteiger partial charge in [0.2, 0.25) is 0 Å². The minimum Gasteiger partial charge on any atom is -0.493 e. The first-order valence-corrected chi connectivity index (χ1v) is 4.46. The average Bonchev–Trinajstić information content (AvgIpc) is 2.26. The molecule has 0 aliphatic carbocycles. The Labute approximate surface area is 83.6 Å². The number of hydrogen-bond donors (Lipinski definition) is 0. The van der Waals surface area contributed by atoms with E-state index in [1.807, 2.05) is 13.0 Å². The van der Waals surface area contributed by atoms with Crippen molar-refractivity contribution in [3.63, 3.8) is 0 Å². The van der Waals surface area contributed by atoms with E-state index in [2.05, 4.69) is 0 Å². The molecular formula is C11H14O3. The van der Waals surface area contributed by atoms with Crippen LogP contribution in [0.5, 0.6) is 11.5 Å². The molecule has 0 saturated carbocycles. The van der Waals surface area contributed by atoms with E-state index in [0.717, 1.165) is 18.3 Å². The van der Waals surface area contributed by atoms with Crippen LogP contribution in [0.4, 0.5) is 0 Å². The first kappa shape index (κ1) is 10.6. The van der Waals surface area contributed by atoms with E-state index >= 15 is 0 Å². The van der Waals surface area contributed by atoms with Gasteiger partial charge in [-0.15, -0.1) is 0 Å². The van der Waals surface area contributed by atoms with Gasteiger partial charge < -0.3 is 9.47 Å². The molecule has 1 aromatic rings. The van der Waals surface area contributed by atoms with Crippen molar-refractivity contribution in [1.82, 2.24) is 0 Å². The van der Waals surface area contributed by atoms with Gasteiger partial charge in [-0.3, -0.25) is 4.79 Å². The zero-order chi connectivity index (χ0) is 10.6. The molecule has 0 bridgehead atoms. The molecule has 0 heterocycles. The van der Waals surface area contributed by atoms with Crippen molar-refractivity contribution in [3.8, 4) is 11.5 Å². The summed E-state index contributed by atoms with van der Waals surface area (Å²) in [6, 6.07) is 3.49. The van der Waals surface area contributed by atoms with Gasteiger partial charge >= 0.3 is 0 Å². The predicted octanol–water partition coefficient (Wildman–Crippen LogP) is 2.08. The Kier molecular flexibility index (Phi) is 3.51. The van der Waals surface area contributed by atoms with Gasteiger partial charge in [-0.1, -0.05) is 6.92 Å². The van der Waals surface area contributed by atoms with E-state index in [1.54, 1.807) is 20.3 Å². The molecule has 14 heavy (non-hydrogen) atoms. The van der Waals surface area contributed by atoms with Crippen molar-refractivity contribution in [2.75, 3.05) is 14.2 Å². The Morgan fingerprint density at radius 3 is 2.43 bits per heavy atom. The summed E-state index contributed by atoms with van der Waals surface area (Å²) in [7, 11) is 3.16. The minimum atomic E-state index is 0.606. The quantitative estimate of drug-likeness (QED) is 0.688. The first-order valence-electron chi connectivity index (χ1n) is 4.46. The van der Waals surface area contributed by atoms with Gasteiger partial charge in [0.05, 0.1) is 14.2 Å². The molecule has 3 nitrogen and oxygen atoms in total. The second-order valence-electron chi connectivity index (χ2n) is 2.89. The van der Waals surface area contributed by atoms with Crippen LogP contribution >= 0.6 is 0 Å². The van der Waals surface area contributed by atoms with Crippen LogP contribution < -0.4 is 9.47 Å². The van der Waals surface area contributed by atoms with Gasteiger partial charge in [-0.05, 0) is 24.1 Å². The summed E-state index contributed by atoms with van der Waals surface area (Å²) < 4.78 is 10.4. The Bertz CT molecular complexity index is 306. The average molecular weight is 194 g/mol. The summed E-state index contributed by atoms with van der Waals surface area (Å²) in [6.07, 6.45) is 1.61. The summed E-state index contributed by atoms with van der Waals surface area (Å²) >= 11 is 0. The van der Waals surface area contributed by atoms with Crippen molar-refractivity contribution in [3.05, 3.63) is 23.3 Å². The van der Waals surface area contributed by atoms with Crippen LogP contribution in [-0.4, -0.2) is 20.5 Å². The normalized spacial score (nSPS) is 9.64. The maximum atomic E-state index is 10.6. The van der Waals surface area contributed by atoms with E-state index in [0.29, 0.717) is 17.1 Å². The number of rotatable bonds is 4. The molecule has 0 amide bonds. The number of benzene rings is 1. The smallest absolute Gasteiger partial charge is 0.163 e. The van der Waals surface area contributed by atoms with Crippen LogP contribution in [-0.2, 0) is 6.42 Å². The molecule has 1 rings (SSSR count). The Hall–Kier alpha value is -1.51. The summed E-state index contributed by atoms with van der Waals surface area (Å²) in [4.78, 5) is 10.6. The number of hydrogen-bond acceptors (Lipinski definition) is 3. The molecule has 0 aromatic heterocycles. The highest BCUT2D eigenvalue weighted by atomic mass is 16.5. The standard InChI is InChI=1S/C11H14O3/c1-4-9-5-8(7-12)6-10(13-2)11(9)14-3/h5-7H,4H2,1-3H3. The Balaban J connectivity index is 3.31. The Morgan fingerprint density at radius 1 is 1.29 bits per heavy atom. The number of carbonyl (C=O) groups is 1. The van der Waals surface area contributed by atoms with Crippen LogP contribution in [0.15, 0.2) is 12.1 Å². The largest absolute Gasteiger partial charge is 0.493 e. The van der Waals surface area contributed by atoms with Crippen LogP contribution in [0.3, 0.4) is 0 Å². The highest BCUT2D eigenvalue weighted by Gasteiger charge is 2.10. The van der Waals surface area contributed by atoms with Crippen molar-refractivity contribution in [2.45, 2.75) is 13.3 Å². The molecule has 0 atom stereocenters. The fourth-order valence-electron chi connectivity index (χ4n) is 1.40. The number of methoxy groups -OCH3 is 2. The molecule has 0 N–H and O–H groups in total. The number of aldehydes is 1. The molecule has 0 aliphatic rings. The molecular weight excluding hydrogens is 180 g/mol. The molecule has 0 aliphatic heterocycles. The molecule has 76 valence electrons. The van der Waals surface area contributed by atoms with Crippen molar-refractivity contribution < 1.29 is 14.3 Å². The molecule has 0 spiro atoms. The van der Waals surface area contributed by atoms with E-state index in [-0.39, 0.29) is 0 Å². The number of aryl methyl sites for hydroxylation is 1. The molecule has 1 aromatic carbocycles. The van der Waals surface area contributed by atoms with Gasteiger partial charge in [0.25, 0.3) is 0 Å². The second-order valence-corrected chi connectivity index (χ2v) is 2.89. The maximum absolute atomic E-state index is 10.6. The van der Waals surface area contributed by atoms with Gasteiger partial charge in [0, 0.05) is 5.56 Å². The number of carbonyl (C=O) groups excluding carboxylic acids is 1. The summed E-state index contributed by atoms with van der Waals surface area (Å²) in [5.74, 6) is 1.31. The molecule has 0 unspecified atom stereocenters. The van der Waals surface area contributed by atoms with E-state index in [4.69, 9.17) is 9.47 Å². The van der Waals surface area contributed by atoms with E-state index in [1.165, 1.54) is 0 Å². The first-order chi connectivity index (χ1) is 6.76. The highest BCUT2D eigenvalue weighted by Crippen LogP contribution is 2.32. The van der Waals surface area contributed by atoms with Crippen LogP contribution in [0.25, 0.3) is 0 Å². The second kappa shape index (κ2) is 4.65. The molecule has 0 radical (unpaired) electrons. The molecule has 0 saturated heterocycles. The lowest BCUT2D eigenvalue weighted by Gasteiger charge is -2.12. The SMILES string of the molecule is CCc1cc(C=O)cc(OC)c1OC. The van der Waals surface area contributed by atoms with E-state index in [9.17, 15) is 4.79 Å². The Morgan fingerprint density at radius 2 is 2.00 bits per heavy atom.